The van der Waals surface area contributed by atoms with Crippen LogP contribution in [-0.4, -0.2) is 23.0 Å². The lowest BCUT2D eigenvalue weighted by Crippen LogP contribution is -2.40. The molecule has 21 heavy (non-hydrogen) atoms. The van der Waals surface area contributed by atoms with Crippen LogP contribution in [0.3, 0.4) is 0 Å². The summed E-state index contributed by atoms with van der Waals surface area (Å²) in [5, 5.41) is 12.3. The summed E-state index contributed by atoms with van der Waals surface area (Å²) in [5.74, 6) is -2.06. The lowest BCUT2D eigenvalue weighted by atomic mass is 10.1. The van der Waals surface area contributed by atoms with E-state index in [0.29, 0.717) is 22.9 Å². The van der Waals surface area contributed by atoms with Crippen molar-refractivity contribution in [3.63, 3.8) is 0 Å². The van der Waals surface area contributed by atoms with Crippen LogP contribution in [0.2, 0.25) is 5.02 Å². The molecule has 2 rings (SSSR count). The average molecular weight is 330 g/mol. The Hall–Kier alpha value is -1.66. The SMILES string of the molecule is CCC[C@H](NC(=O)c1sc2cc(F)ccc2c1Cl)C(=O)O. The fourth-order valence-corrected chi connectivity index (χ4v) is 3.40. The minimum atomic E-state index is -1.09. The molecule has 0 aliphatic carbocycles. The van der Waals surface area contributed by atoms with Gasteiger partial charge in [-0.3, -0.25) is 4.79 Å². The van der Waals surface area contributed by atoms with Crippen molar-refractivity contribution in [2.45, 2.75) is 25.8 Å². The van der Waals surface area contributed by atoms with Crippen LogP contribution in [0.15, 0.2) is 18.2 Å². The average Bonchev–Trinajstić information content (AvgIpc) is 2.74. The third-order valence-corrected chi connectivity index (χ3v) is 4.63. The van der Waals surface area contributed by atoms with Gasteiger partial charge < -0.3 is 10.4 Å². The van der Waals surface area contributed by atoms with E-state index >= 15 is 0 Å². The number of hydrogen-bond donors (Lipinski definition) is 2. The monoisotopic (exact) mass is 329 g/mol. The van der Waals surface area contributed by atoms with Gasteiger partial charge in [-0.15, -0.1) is 11.3 Å². The molecule has 0 saturated heterocycles. The maximum atomic E-state index is 13.2. The second-order valence-corrected chi connectivity index (χ2v) is 5.97. The molecule has 1 amide bonds. The smallest absolute Gasteiger partial charge is 0.326 e. The Balaban J connectivity index is 2.30. The molecule has 0 bridgehead atoms. The van der Waals surface area contributed by atoms with E-state index in [1.807, 2.05) is 6.92 Å². The van der Waals surface area contributed by atoms with E-state index < -0.39 is 23.7 Å². The fourth-order valence-electron chi connectivity index (χ4n) is 1.95. The van der Waals surface area contributed by atoms with Gasteiger partial charge in [0.25, 0.3) is 5.91 Å². The van der Waals surface area contributed by atoms with E-state index in [1.165, 1.54) is 18.2 Å². The standard InChI is InChI=1S/C14H13ClFNO3S/c1-2-3-9(14(19)20)17-13(18)12-11(15)8-5-4-7(16)6-10(8)21-12/h4-6,9H,2-3H2,1H3,(H,17,18)(H,19,20)/t9-/m0/s1. The molecule has 0 spiro atoms. The van der Waals surface area contributed by atoms with Crippen LogP contribution in [0.1, 0.15) is 29.4 Å². The molecule has 4 nitrogen and oxygen atoms in total. The molecule has 0 unspecified atom stereocenters. The first-order valence-corrected chi connectivity index (χ1v) is 7.54. The summed E-state index contributed by atoms with van der Waals surface area (Å²) in [6.07, 6.45) is 0.959. The highest BCUT2D eigenvalue weighted by Crippen LogP contribution is 2.35. The van der Waals surface area contributed by atoms with E-state index in [9.17, 15) is 14.0 Å². The summed E-state index contributed by atoms with van der Waals surface area (Å²) < 4.78 is 13.7. The van der Waals surface area contributed by atoms with Crippen molar-refractivity contribution >= 4 is 44.9 Å². The van der Waals surface area contributed by atoms with Crippen molar-refractivity contribution in [1.82, 2.24) is 5.32 Å². The van der Waals surface area contributed by atoms with Crippen molar-refractivity contribution < 1.29 is 19.1 Å². The molecule has 0 radical (unpaired) electrons. The van der Waals surface area contributed by atoms with Crippen molar-refractivity contribution in [2.75, 3.05) is 0 Å². The summed E-state index contributed by atoms with van der Waals surface area (Å²) in [4.78, 5) is 23.4. The number of carbonyl (C=O) groups is 2. The Morgan fingerprint density at radius 1 is 1.48 bits per heavy atom. The van der Waals surface area contributed by atoms with Gasteiger partial charge in [-0.2, -0.15) is 0 Å². The van der Waals surface area contributed by atoms with Gasteiger partial charge in [-0.25, -0.2) is 9.18 Å². The molecule has 0 aliphatic rings. The number of carboxylic acids is 1. The molecular formula is C14H13ClFNO3S. The van der Waals surface area contributed by atoms with Gasteiger partial charge >= 0.3 is 5.97 Å². The fraction of sp³-hybridized carbons (Fsp3) is 0.286. The minimum absolute atomic E-state index is 0.194. The Labute approximate surface area is 129 Å². The Morgan fingerprint density at radius 2 is 2.19 bits per heavy atom. The number of carboxylic acid groups (broad SMARTS) is 1. The summed E-state index contributed by atoms with van der Waals surface area (Å²) in [7, 11) is 0. The summed E-state index contributed by atoms with van der Waals surface area (Å²) in [6.45, 7) is 1.83. The lowest BCUT2D eigenvalue weighted by Gasteiger charge is -2.12. The number of hydrogen-bond acceptors (Lipinski definition) is 3. The number of thiophene rings is 1. The molecule has 1 aromatic carbocycles. The molecule has 0 aliphatic heterocycles. The van der Waals surface area contributed by atoms with Gasteiger partial charge in [-0.05, 0) is 24.6 Å². The van der Waals surface area contributed by atoms with Crippen LogP contribution < -0.4 is 5.32 Å². The molecule has 1 aromatic heterocycles. The number of fused-ring (bicyclic) bond motifs is 1. The Bertz CT molecular complexity index is 701. The van der Waals surface area contributed by atoms with E-state index in [2.05, 4.69) is 5.32 Å². The summed E-state index contributed by atoms with van der Waals surface area (Å²) >= 11 is 7.17. The van der Waals surface area contributed by atoms with Crippen LogP contribution in [0.5, 0.6) is 0 Å². The highest BCUT2D eigenvalue weighted by Gasteiger charge is 2.23. The van der Waals surface area contributed by atoms with Crippen LogP contribution in [0.4, 0.5) is 4.39 Å². The summed E-state index contributed by atoms with van der Waals surface area (Å²) in [5.41, 5.74) is 0. The number of benzene rings is 1. The predicted octanol–water partition coefficient (Wildman–Crippen LogP) is 3.68. The first-order chi connectivity index (χ1) is 9.93. The highest BCUT2D eigenvalue weighted by molar-refractivity contribution is 7.21. The Kier molecular flexibility index (Phi) is 4.80. The van der Waals surface area contributed by atoms with Gasteiger partial charge in [0, 0.05) is 10.1 Å². The Morgan fingerprint density at radius 3 is 2.81 bits per heavy atom. The molecule has 2 N–H and O–H groups in total. The largest absolute Gasteiger partial charge is 0.480 e. The van der Waals surface area contributed by atoms with E-state index in [1.54, 1.807) is 0 Å². The van der Waals surface area contributed by atoms with E-state index in [-0.39, 0.29) is 9.90 Å². The van der Waals surface area contributed by atoms with Crippen LogP contribution >= 0.6 is 22.9 Å². The zero-order chi connectivity index (χ0) is 15.6. The van der Waals surface area contributed by atoms with Gasteiger partial charge in [0.1, 0.15) is 16.7 Å². The highest BCUT2D eigenvalue weighted by atomic mass is 35.5. The molecule has 2 aromatic rings. The third kappa shape index (κ3) is 3.33. The van der Waals surface area contributed by atoms with Gasteiger partial charge in [0.2, 0.25) is 0 Å². The molecule has 112 valence electrons. The van der Waals surface area contributed by atoms with Gasteiger partial charge in [0.15, 0.2) is 0 Å². The number of aliphatic carboxylic acids is 1. The first kappa shape index (κ1) is 15.7. The van der Waals surface area contributed by atoms with Crippen LogP contribution in [0.25, 0.3) is 10.1 Å². The van der Waals surface area contributed by atoms with Crippen molar-refractivity contribution in [2.24, 2.45) is 0 Å². The maximum Gasteiger partial charge on any atom is 0.326 e. The first-order valence-electron chi connectivity index (χ1n) is 6.35. The lowest BCUT2D eigenvalue weighted by molar-refractivity contribution is -0.139. The molecular weight excluding hydrogens is 317 g/mol. The second kappa shape index (κ2) is 6.41. The van der Waals surface area contributed by atoms with Crippen LogP contribution in [0, 0.1) is 5.82 Å². The van der Waals surface area contributed by atoms with Gasteiger partial charge in [-0.1, -0.05) is 24.9 Å². The van der Waals surface area contributed by atoms with Crippen LogP contribution in [-0.2, 0) is 4.79 Å². The number of carbonyl (C=O) groups excluding carboxylic acids is 1. The molecule has 1 heterocycles. The topological polar surface area (TPSA) is 66.4 Å². The minimum Gasteiger partial charge on any atom is -0.480 e. The second-order valence-electron chi connectivity index (χ2n) is 4.54. The normalized spacial score (nSPS) is 12.3. The number of amides is 1. The maximum absolute atomic E-state index is 13.2. The van der Waals surface area contributed by atoms with Crippen molar-refractivity contribution in [3.05, 3.63) is 33.9 Å². The molecule has 0 fully saturated rings. The molecule has 1 atom stereocenters. The third-order valence-electron chi connectivity index (χ3n) is 2.98. The molecule has 0 saturated carbocycles. The zero-order valence-corrected chi connectivity index (χ0v) is 12.7. The van der Waals surface area contributed by atoms with E-state index in [0.717, 1.165) is 11.3 Å². The predicted molar refractivity (Wildman–Crippen MR) is 80.6 cm³/mol. The van der Waals surface area contributed by atoms with E-state index in [4.69, 9.17) is 16.7 Å². The zero-order valence-electron chi connectivity index (χ0n) is 11.2. The van der Waals surface area contributed by atoms with Crippen molar-refractivity contribution in [3.8, 4) is 0 Å². The van der Waals surface area contributed by atoms with Crippen molar-refractivity contribution in [1.29, 1.82) is 0 Å². The summed E-state index contributed by atoms with van der Waals surface area (Å²) in [6, 6.07) is 3.10. The quantitative estimate of drug-likeness (QED) is 0.879. The number of halogens is 2. The number of nitrogens with one attached hydrogen (secondary N) is 1. The number of rotatable bonds is 5. The molecule has 7 heteroatoms. The van der Waals surface area contributed by atoms with Gasteiger partial charge in [0.05, 0.1) is 5.02 Å².